The molecular formula is C19H21BrF3N5O4. The number of alkyl halides is 3. The number of carbonyl (C=O) groups is 1. The molecule has 3 rings (SSSR count). The Morgan fingerprint density at radius 1 is 1.19 bits per heavy atom. The van der Waals surface area contributed by atoms with Gasteiger partial charge in [-0.15, -0.1) is 0 Å². The van der Waals surface area contributed by atoms with Gasteiger partial charge in [0.15, 0.2) is 0 Å². The number of aryl methyl sites for hydroxylation is 1. The minimum absolute atomic E-state index is 0.443. The molecule has 3 aromatic heterocycles. The van der Waals surface area contributed by atoms with Crippen LogP contribution in [0.25, 0.3) is 11.0 Å². The minimum atomic E-state index is -5.08. The Kier molecular flexibility index (Phi) is 8.63. The zero-order valence-corrected chi connectivity index (χ0v) is 19.0. The van der Waals surface area contributed by atoms with Crippen LogP contribution in [-0.4, -0.2) is 50.4 Å². The molecule has 3 aromatic rings. The van der Waals surface area contributed by atoms with Crippen LogP contribution in [-0.2, 0) is 11.2 Å². The Balaban J connectivity index is 0.000000451. The third kappa shape index (κ3) is 6.45. The molecule has 0 saturated carbocycles. The minimum Gasteiger partial charge on any atom is -0.478 e. The lowest BCUT2D eigenvalue weighted by Crippen LogP contribution is -2.21. The quantitative estimate of drug-likeness (QED) is 0.404. The molecule has 32 heavy (non-hydrogen) atoms. The third-order valence-electron chi connectivity index (χ3n) is 3.79. The van der Waals surface area contributed by atoms with Crippen molar-refractivity contribution in [2.75, 3.05) is 18.5 Å². The summed E-state index contributed by atoms with van der Waals surface area (Å²) in [4.78, 5) is 25.5. The van der Waals surface area contributed by atoms with Crippen LogP contribution in [0.2, 0.25) is 0 Å². The molecule has 0 spiro atoms. The number of nitrogens with one attached hydrogen (secondary N) is 2. The first kappa shape index (κ1) is 25.2. The van der Waals surface area contributed by atoms with E-state index in [1.807, 2.05) is 19.9 Å². The number of fused-ring (bicyclic) bond motifs is 1. The molecule has 0 aromatic carbocycles. The number of pyridine rings is 1. The third-order valence-corrected chi connectivity index (χ3v) is 4.67. The van der Waals surface area contributed by atoms with Crippen molar-refractivity contribution in [2.24, 2.45) is 0 Å². The van der Waals surface area contributed by atoms with Crippen molar-refractivity contribution in [3.8, 4) is 11.8 Å². The van der Waals surface area contributed by atoms with Gasteiger partial charge in [-0.2, -0.15) is 23.1 Å². The maximum absolute atomic E-state index is 10.6. The SMILES string of the molecule is CCOc1ccc(Nc2nc(OCC)c3c(Br)c(CC)[nH]c3n2)cn1.O=C(O)C(F)(F)F. The van der Waals surface area contributed by atoms with Gasteiger partial charge in [0.2, 0.25) is 17.7 Å². The second-order valence-corrected chi connectivity index (χ2v) is 6.82. The van der Waals surface area contributed by atoms with Crippen molar-refractivity contribution in [3.63, 3.8) is 0 Å². The number of ether oxygens (including phenoxy) is 2. The lowest BCUT2D eigenvalue weighted by atomic mass is 10.3. The topological polar surface area (TPSA) is 122 Å². The first-order valence-electron chi connectivity index (χ1n) is 9.47. The summed E-state index contributed by atoms with van der Waals surface area (Å²) in [7, 11) is 0. The molecule has 0 fully saturated rings. The first-order chi connectivity index (χ1) is 15.1. The predicted octanol–water partition coefficient (Wildman–Crippen LogP) is 4.85. The number of anilines is 2. The standard InChI is InChI=1S/C17H20BrN5O2.C2HF3O2/c1-4-11-14(18)13-15(21-11)22-17(23-16(13)25-6-3)20-10-7-8-12(19-9-10)24-5-2;3-2(4,5)1(6)7/h7-9H,4-6H2,1-3H3,(H2,20,21,22,23);(H,6,7). The van der Waals surface area contributed by atoms with Crippen molar-refractivity contribution in [3.05, 3.63) is 28.5 Å². The Hall–Kier alpha value is -3.09. The van der Waals surface area contributed by atoms with Crippen LogP contribution in [0.1, 0.15) is 26.5 Å². The lowest BCUT2D eigenvalue weighted by Gasteiger charge is -2.09. The van der Waals surface area contributed by atoms with Crippen molar-refractivity contribution in [2.45, 2.75) is 33.4 Å². The average molecular weight is 520 g/mol. The number of halogens is 4. The highest BCUT2D eigenvalue weighted by molar-refractivity contribution is 9.10. The zero-order valence-electron chi connectivity index (χ0n) is 17.4. The van der Waals surface area contributed by atoms with Crippen LogP contribution in [0.3, 0.4) is 0 Å². The predicted molar refractivity (Wildman–Crippen MR) is 115 cm³/mol. The monoisotopic (exact) mass is 519 g/mol. The molecule has 0 radical (unpaired) electrons. The second-order valence-electron chi connectivity index (χ2n) is 6.03. The molecule has 0 unspecified atom stereocenters. The zero-order chi connectivity index (χ0) is 23.9. The van der Waals surface area contributed by atoms with Crippen LogP contribution < -0.4 is 14.8 Å². The van der Waals surface area contributed by atoms with Gasteiger partial charge < -0.3 is 24.9 Å². The molecule has 0 aliphatic rings. The molecule has 0 amide bonds. The van der Waals surface area contributed by atoms with E-state index in [0.717, 1.165) is 33.3 Å². The van der Waals surface area contributed by atoms with Crippen molar-refractivity contribution >= 4 is 44.6 Å². The summed E-state index contributed by atoms with van der Waals surface area (Å²) >= 11 is 3.61. The maximum atomic E-state index is 10.6. The van der Waals surface area contributed by atoms with E-state index in [2.05, 4.69) is 48.1 Å². The summed E-state index contributed by atoms with van der Waals surface area (Å²) in [5.74, 6) is -1.19. The highest BCUT2D eigenvalue weighted by Gasteiger charge is 2.38. The number of carboxylic acid groups (broad SMARTS) is 1. The van der Waals surface area contributed by atoms with Crippen LogP contribution in [0.15, 0.2) is 22.8 Å². The first-order valence-corrected chi connectivity index (χ1v) is 10.3. The number of hydrogen-bond acceptors (Lipinski definition) is 7. The van der Waals surface area contributed by atoms with Gasteiger partial charge in [0.25, 0.3) is 0 Å². The van der Waals surface area contributed by atoms with Gasteiger partial charge in [-0.3, -0.25) is 0 Å². The Labute approximate surface area is 189 Å². The molecule has 3 heterocycles. The molecule has 13 heteroatoms. The number of aliphatic carboxylic acids is 1. The largest absolute Gasteiger partial charge is 0.490 e. The normalized spacial score (nSPS) is 11.0. The molecule has 0 aliphatic heterocycles. The van der Waals surface area contributed by atoms with E-state index < -0.39 is 12.1 Å². The number of nitrogens with zero attached hydrogens (tertiary/aromatic N) is 3. The van der Waals surface area contributed by atoms with Crippen molar-refractivity contribution in [1.29, 1.82) is 0 Å². The van der Waals surface area contributed by atoms with Crippen molar-refractivity contribution in [1.82, 2.24) is 19.9 Å². The molecule has 174 valence electrons. The fourth-order valence-corrected chi connectivity index (χ4v) is 3.17. The highest BCUT2D eigenvalue weighted by atomic mass is 79.9. The number of rotatable bonds is 7. The Morgan fingerprint density at radius 3 is 2.34 bits per heavy atom. The van der Waals surface area contributed by atoms with Gasteiger partial charge in [-0.05, 0) is 42.3 Å². The fraction of sp³-hybridized carbons (Fsp3) is 0.368. The summed E-state index contributed by atoms with van der Waals surface area (Å²) in [6.07, 6.45) is -2.55. The van der Waals surface area contributed by atoms with Gasteiger partial charge in [0, 0.05) is 11.8 Å². The summed E-state index contributed by atoms with van der Waals surface area (Å²) in [5, 5.41) is 11.1. The van der Waals surface area contributed by atoms with Gasteiger partial charge in [-0.1, -0.05) is 6.92 Å². The van der Waals surface area contributed by atoms with E-state index in [-0.39, 0.29) is 0 Å². The van der Waals surface area contributed by atoms with E-state index in [0.29, 0.717) is 30.9 Å². The van der Waals surface area contributed by atoms with E-state index >= 15 is 0 Å². The van der Waals surface area contributed by atoms with Gasteiger partial charge in [0.1, 0.15) is 5.65 Å². The van der Waals surface area contributed by atoms with Crippen LogP contribution in [0.4, 0.5) is 24.8 Å². The number of aromatic amines is 1. The average Bonchev–Trinajstić information content (AvgIpc) is 3.05. The Bertz CT molecular complexity index is 1060. The molecule has 9 nitrogen and oxygen atoms in total. The smallest absolute Gasteiger partial charge is 0.478 e. The fourth-order valence-electron chi connectivity index (χ4n) is 2.43. The molecule has 0 atom stereocenters. The second kappa shape index (κ2) is 11.0. The van der Waals surface area contributed by atoms with Gasteiger partial charge in [0.05, 0.1) is 35.0 Å². The van der Waals surface area contributed by atoms with E-state index in [9.17, 15) is 13.2 Å². The van der Waals surface area contributed by atoms with Crippen molar-refractivity contribution < 1.29 is 32.5 Å². The molecule has 3 N–H and O–H groups in total. The highest BCUT2D eigenvalue weighted by Crippen LogP contribution is 2.34. The van der Waals surface area contributed by atoms with Crippen LogP contribution in [0, 0.1) is 0 Å². The summed E-state index contributed by atoms with van der Waals surface area (Å²) in [5.41, 5.74) is 2.56. The lowest BCUT2D eigenvalue weighted by molar-refractivity contribution is -0.192. The number of carboxylic acids is 1. The summed E-state index contributed by atoms with van der Waals surface area (Å²) in [6.45, 7) is 7.03. The van der Waals surface area contributed by atoms with E-state index in [4.69, 9.17) is 19.4 Å². The van der Waals surface area contributed by atoms with E-state index in [1.165, 1.54) is 0 Å². The molecule has 0 aliphatic carbocycles. The molecule has 0 saturated heterocycles. The van der Waals surface area contributed by atoms with Crippen LogP contribution in [0.5, 0.6) is 11.8 Å². The summed E-state index contributed by atoms with van der Waals surface area (Å²) in [6, 6.07) is 3.67. The summed E-state index contributed by atoms with van der Waals surface area (Å²) < 4.78 is 43.7. The van der Waals surface area contributed by atoms with Gasteiger partial charge >= 0.3 is 12.1 Å². The number of H-pyrrole nitrogens is 1. The van der Waals surface area contributed by atoms with E-state index in [1.54, 1.807) is 12.3 Å². The molecular weight excluding hydrogens is 499 g/mol. The Morgan fingerprint density at radius 2 is 1.84 bits per heavy atom. The number of hydrogen-bond donors (Lipinski definition) is 3. The van der Waals surface area contributed by atoms with Gasteiger partial charge in [-0.25, -0.2) is 9.78 Å². The number of aromatic nitrogens is 4. The molecule has 0 bridgehead atoms. The van der Waals surface area contributed by atoms with Crippen LogP contribution >= 0.6 is 15.9 Å². The maximum Gasteiger partial charge on any atom is 0.490 e.